The number of sulfone groups is 1. The molecule has 148 valence electrons. The molecule has 0 bridgehead atoms. The summed E-state index contributed by atoms with van der Waals surface area (Å²) >= 11 is 0. The Morgan fingerprint density at radius 1 is 1.18 bits per heavy atom. The summed E-state index contributed by atoms with van der Waals surface area (Å²) in [7, 11) is -2.00. The fourth-order valence-electron chi connectivity index (χ4n) is 3.08. The van der Waals surface area contributed by atoms with Gasteiger partial charge in [0.15, 0.2) is 9.84 Å². The molecule has 1 aliphatic heterocycles. The van der Waals surface area contributed by atoms with Crippen molar-refractivity contribution in [2.24, 2.45) is 0 Å². The van der Waals surface area contributed by atoms with Gasteiger partial charge in [-0.15, -0.1) is 0 Å². The van der Waals surface area contributed by atoms with Crippen molar-refractivity contribution in [2.45, 2.75) is 24.2 Å². The van der Waals surface area contributed by atoms with Crippen molar-refractivity contribution in [3.63, 3.8) is 0 Å². The number of anilines is 2. The molecular formula is C20H22N2O5S. The highest BCUT2D eigenvalue weighted by molar-refractivity contribution is 7.91. The summed E-state index contributed by atoms with van der Waals surface area (Å²) < 4.78 is 29.9. The topological polar surface area (TPSA) is 92.8 Å². The summed E-state index contributed by atoms with van der Waals surface area (Å²) in [5, 5.41) is 2.70. The van der Waals surface area contributed by atoms with Gasteiger partial charge in [0, 0.05) is 25.1 Å². The molecule has 0 spiro atoms. The fourth-order valence-corrected chi connectivity index (χ4v) is 4.34. The Bertz CT molecular complexity index is 973. The molecule has 0 atom stereocenters. The lowest BCUT2D eigenvalue weighted by Crippen LogP contribution is -2.24. The molecule has 2 aromatic rings. The van der Waals surface area contributed by atoms with Crippen LogP contribution in [0.1, 0.15) is 19.3 Å². The monoisotopic (exact) mass is 402 g/mol. The lowest BCUT2D eigenvalue weighted by Gasteiger charge is -2.20. The van der Waals surface area contributed by atoms with Crippen LogP contribution in [0.4, 0.5) is 11.4 Å². The van der Waals surface area contributed by atoms with Gasteiger partial charge in [-0.05, 0) is 36.8 Å². The molecular weight excluding hydrogens is 380 g/mol. The lowest BCUT2D eigenvalue weighted by atomic mass is 10.2. The van der Waals surface area contributed by atoms with E-state index in [2.05, 4.69) is 5.32 Å². The summed E-state index contributed by atoms with van der Waals surface area (Å²) in [4.78, 5) is 26.1. The molecule has 3 rings (SSSR count). The van der Waals surface area contributed by atoms with Gasteiger partial charge in [-0.1, -0.05) is 18.2 Å². The highest BCUT2D eigenvalue weighted by Crippen LogP contribution is 2.34. The molecule has 2 amide bonds. The third kappa shape index (κ3) is 4.51. The number of amides is 2. The normalized spacial score (nSPS) is 14.2. The predicted molar refractivity (Wildman–Crippen MR) is 106 cm³/mol. The summed E-state index contributed by atoms with van der Waals surface area (Å²) in [5.74, 6) is -0.143. The van der Waals surface area contributed by atoms with Gasteiger partial charge >= 0.3 is 0 Å². The molecule has 8 heteroatoms. The van der Waals surface area contributed by atoms with Gasteiger partial charge < -0.3 is 15.0 Å². The zero-order chi connectivity index (χ0) is 20.1. The van der Waals surface area contributed by atoms with Crippen molar-refractivity contribution >= 4 is 33.0 Å². The van der Waals surface area contributed by atoms with Crippen molar-refractivity contribution in [2.75, 3.05) is 29.6 Å². The van der Waals surface area contributed by atoms with E-state index < -0.39 is 15.7 Å². The first-order valence-electron chi connectivity index (χ1n) is 8.97. The first-order valence-corrected chi connectivity index (χ1v) is 10.6. The fraction of sp³-hybridized carbons (Fsp3) is 0.300. The predicted octanol–water partition coefficient (Wildman–Crippen LogP) is 2.62. The number of nitrogens with one attached hydrogen (secondary N) is 1. The number of hydrogen-bond donors (Lipinski definition) is 1. The van der Waals surface area contributed by atoms with Crippen molar-refractivity contribution in [1.82, 2.24) is 0 Å². The van der Waals surface area contributed by atoms with Crippen LogP contribution in [0.5, 0.6) is 5.75 Å². The number of carbonyl (C=O) groups excluding carboxylic acids is 2. The number of rotatable bonds is 7. The van der Waals surface area contributed by atoms with Gasteiger partial charge in [-0.25, -0.2) is 8.42 Å². The number of ether oxygens (including phenoxy) is 1. The van der Waals surface area contributed by atoms with Crippen LogP contribution in [0.25, 0.3) is 0 Å². The average molecular weight is 402 g/mol. The summed E-state index contributed by atoms with van der Waals surface area (Å²) in [6, 6.07) is 13.1. The van der Waals surface area contributed by atoms with Gasteiger partial charge in [-0.3, -0.25) is 9.59 Å². The summed E-state index contributed by atoms with van der Waals surface area (Å²) in [6.45, 7) is 0.599. The second kappa shape index (κ2) is 8.43. The molecule has 0 aliphatic carbocycles. The van der Waals surface area contributed by atoms with Crippen LogP contribution < -0.4 is 15.0 Å². The molecule has 1 aliphatic rings. The average Bonchev–Trinajstić information content (AvgIpc) is 3.13. The minimum atomic E-state index is -3.52. The minimum absolute atomic E-state index is 0.00994. The first kappa shape index (κ1) is 19.9. The maximum absolute atomic E-state index is 12.3. The molecule has 0 saturated carbocycles. The van der Waals surface area contributed by atoms with E-state index in [1.165, 1.54) is 19.2 Å². The van der Waals surface area contributed by atoms with Crippen LogP contribution in [-0.2, 0) is 19.4 Å². The molecule has 1 heterocycles. The van der Waals surface area contributed by atoms with Crippen molar-refractivity contribution in [3.8, 4) is 5.75 Å². The number of nitrogens with zero attached hydrogens (tertiary/aromatic N) is 1. The Kier molecular flexibility index (Phi) is 5.99. The van der Waals surface area contributed by atoms with Gasteiger partial charge in [-0.2, -0.15) is 0 Å². The largest absolute Gasteiger partial charge is 0.495 e. The van der Waals surface area contributed by atoms with E-state index in [9.17, 15) is 18.0 Å². The van der Waals surface area contributed by atoms with E-state index in [0.29, 0.717) is 30.1 Å². The van der Waals surface area contributed by atoms with E-state index in [1.54, 1.807) is 41.3 Å². The van der Waals surface area contributed by atoms with E-state index in [0.717, 1.165) is 6.42 Å². The summed E-state index contributed by atoms with van der Waals surface area (Å²) in [6.07, 6.45) is 1.09. The molecule has 1 fully saturated rings. The van der Waals surface area contributed by atoms with Crippen LogP contribution in [0.3, 0.4) is 0 Å². The zero-order valence-electron chi connectivity index (χ0n) is 15.6. The molecule has 0 radical (unpaired) electrons. The Morgan fingerprint density at radius 3 is 2.57 bits per heavy atom. The molecule has 0 unspecified atom stereocenters. The van der Waals surface area contributed by atoms with Crippen LogP contribution in [0, 0.1) is 0 Å². The Hall–Kier alpha value is -2.87. The third-order valence-electron chi connectivity index (χ3n) is 4.53. The van der Waals surface area contributed by atoms with Crippen LogP contribution in [0.2, 0.25) is 0 Å². The second-order valence-corrected chi connectivity index (χ2v) is 8.57. The van der Waals surface area contributed by atoms with Crippen molar-refractivity contribution in [3.05, 3.63) is 48.5 Å². The Morgan fingerprint density at radius 2 is 1.93 bits per heavy atom. The van der Waals surface area contributed by atoms with Crippen molar-refractivity contribution < 1.29 is 22.7 Å². The van der Waals surface area contributed by atoms with Gasteiger partial charge in [0.2, 0.25) is 11.8 Å². The Balaban J connectivity index is 1.68. The van der Waals surface area contributed by atoms with Gasteiger partial charge in [0.25, 0.3) is 0 Å². The number of methoxy groups -OCH3 is 1. The van der Waals surface area contributed by atoms with Gasteiger partial charge in [0.05, 0.1) is 23.4 Å². The van der Waals surface area contributed by atoms with Crippen LogP contribution in [-0.4, -0.2) is 39.6 Å². The van der Waals surface area contributed by atoms with E-state index >= 15 is 0 Å². The van der Waals surface area contributed by atoms with E-state index in [1.807, 2.05) is 0 Å². The molecule has 1 saturated heterocycles. The van der Waals surface area contributed by atoms with Crippen LogP contribution in [0.15, 0.2) is 53.4 Å². The van der Waals surface area contributed by atoms with Crippen molar-refractivity contribution in [1.29, 1.82) is 0 Å². The number of carbonyl (C=O) groups is 2. The summed E-state index contributed by atoms with van der Waals surface area (Å²) in [5.41, 5.74) is 1.08. The number of benzene rings is 2. The SMILES string of the molecule is COc1ccc(NC(=O)CCS(=O)(=O)c2ccccc2)cc1N1CCCC1=O. The van der Waals surface area contributed by atoms with E-state index in [4.69, 9.17) is 4.74 Å². The van der Waals surface area contributed by atoms with Gasteiger partial charge in [0.1, 0.15) is 5.75 Å². The lowest BCUT2D eigenvalue weighted by molar-refractivity contribution is -0.117. The molecule has 1 N–H and O–H groups in total. The molecule has 2 aromatic carbocycles. The Labute approximate surface area is 164 Å². The van der Waals surface area contributed by atoms with E-state index in [-0.39, 0.29) is 23.0 Å². The smallest absolute Gasteiger partial charge is 0.227 e. The first-order chi connectivity index (χ1) is 13.4. The van der Waals surface area contributed by atoms with Crippen LogP contribution >= 0.6 is 0 Å². The zero-order valence-corrected chi connectivity index (χ0v) is 16.4. The molecule has 7 nitrogen and oxygen atoms in total. The third-order valence-corrected chi connectivity index (χ3v) is 6.26. The highest BCUT2D eigenvalue weighted by atomic mass is 32.2. The standard InChI is InChI=1S/C20H22N2O5S/c1-27-18-10-9-15(14-17(18)22-12-5-8-20(22)24)21-19(23)11-13-28(25,26)16-6-3-2-4-7-16/h2-4,6-7,9-10,14H,5,8,11-13H2,1H3,(H,21,23). The highest BCUT2D eigenvalue weighted by Gasteiger charge is 2.25. The maximum Gasteiger partial charge on any atom is 0.227 e. The molecule has 28 heavy (non-hydrogen) atoms. The quantitative estimate of drug-likeness (QED) is 0.769. The number of hydrogen-bond acceptors (Lipinski definition) is 5. The molecule has 0 aromatic heterocycles. The second-order valence-electron chi connectivity index (χ2n) is 6.47. The maximum atomic E-state index is 12.3. The minimum Gasteiger partial charge on any atom is -0.495 e.